The largest absolute Gasteiger partial charge is 0.448 e. The third kappa shape index (κ3) is 7.00. The average molecular weight is 498 g/mol. The van der Waals surface area contributed by atoms with Gasteiger partial charge in [0.15, 0.2) is 0 Å². The maximum Gasteiger partial charge on any atom is 0.442 e. The first-order valence-electron chi connectivity index (χ1n) is 11.4. The van der Waals surface area contributed by atoms with Crippen LogP contribution in [-0.2, 0) is 20.9 Å². The zero-order valence-corrected chi connectivity index (χ0v) is 21.1. The molecule has 1 amide bonds. The number of anilines is 3. The Morgan fingerprint density at radius 2 is 1.83 bits per heavy atom. The summed E-state index contributed by atoms with van der Waals surface area (Å²) in [6.07, 6.45) is 3.22. The van der Waals surface area contributed by atoms with Crippen LogP contribution in [0.3, 0.4) is 0 Å². The number of nitrogens with one attached hydrogen (secondary N) is 2. The van der Waals surface area contributed by atoms with Gasteiger partial charge in [-0.05, 0) is 55.7 Å². The van der Waals surface area contributed by atoms with Crippen LogP contribution in [0.4, 0.5) is 22.2 Å². The molecule has 3 rings (SSSR count). The van der Waals surface area contributed by atoms with Crippen LogP contribution in [0.2, 0.25) is 0 Å². The lowest BCUT2D eigenvalue weighted by atomic mass is 10.0. The van der Waals surface area contributed by atoms with E-state index in [-0.39, 0.29) is 19.3 Å². The van der Waals surface area contributed by atoms with Gasteiger partial charge in [0.2, 0.25) is 5.95 Å². The number of aliphatic hydroxyl groups is 1. The van der Waals surface area contributed by atoms with Gasteiger partial charge in [-0.3, -0.25) is 0 Å². The molecule has 1 unspecified atom stereocenters. The molecule has 3 aromatic rings. The molecule has 0 saturated carbocycles. The molecule has 0 saturated heterocycles. The van der Waals surface area contributed by atoms with Gasteiger partial charge in [-0.15, -0.1) is 4.36 Å². The number of aliphatic hydroxyl groups excluding tert-OH is 1. The lowest BCUT2D eigenvalue weighted by molar-refractivity contribution is 0.164. The Hall–Kier alpha value is -3.50. The molecule has 0 aliphatic carbocycles. The van der Waals surface area contributed by atoms with Crippen LogP contribution in [0, 0.1) is 0 Å². The van der Waals surface area contributed by atoms with E-state index in [2.05, 4.69) is 44.0 Å². The van der Waals surface area contributed by atoms with Gasteiger partial charge in [0.05, 0.1) is 22.9 Å². The summed E-state index contributed by atoms with van der Waals surface area (Å²) in [5.41, 5.74) is 3.69. The minimum atomic E-state index is -2.93. The van der Waals surface area contributed by atoms with Gasteiger partial charge in [-0.25, -0.2) is 14.0 Å². The van der Waals surface area contributed by atoms with Crippen molar-refractivity contribution in [1.29, 1.82) is 0 Å². The first-order chi connectivity index (χ1) is 16.7. The number of benzene rings is 2. The smallest absolute Gasteiger partial charge is 0.442 e. The highest BCUT2D eigenvalue weighted by molar-refractivity contribution is 7.93. The molecule has 0 spiro atoms. The molecular weight excluding hydrogens is 466 g/mol. The van der Waals surface area contributed by atoms with Crippen molar-refractivity contribution in [3.8, 4) is 11.1 Å². The zero-order valence-electron chi connectivity index (χ0n) is 20.3. The number of carbonyl (C=O) groups excluding carboxylic acids is 1. The molecule has 0 fully saturated rings. The Labute approximate surface area is 206 Å². The van der Waals surface area contributed by atoms with Gasteiger partial charge >= 0.3 is 6.09 Å². The maximum absolute atomic E-state index is 12.8. The Balaban J connectivity index is 1.86. The highest BCUT2D eigenvalue weighted by Gasteiger charge is 2.13. The van der Waals surface area contributed by atoms with Crippen molar-refractivity contribution in [2.45, 2.75) is 38.1 Å². The van der Waals surface area contributed by atoms with E-state index < -0.39 is 15.8 Å². The van der Waals surface area contributed by atoms with E-state index in [1.807, 2.05) is 19.1 Å². The summed E-state index contributed by atoms with van der Waals surface area (Å²) in [4.78, 5) is 21.1. The molecule has 0 radical (unpaired) electrons. The molecule has 0 bridgehead atoms. The molecule has 0 aliphatic rings. The van der Waals surface area contributed by atoms with Crippen LogP contribution in [0.15, 0.2) is 64.0 Å². The Morgan fingerprint density at radius 1 is 1.14 bits per heavy atom. The zero-order chi connectivity index (χ0) is 25.4. The van der Waals surface area contributed by atoms with Crippen molar-refractivity contribution in [3.05, 3.63) is 60.3 Å². The van der Waals surface area contributed by atoms with Crippen molar-refractivity contribution in [2.24, 2.45) is 4.36 Å². The number of carbonyl (C=O) groups is 1. The predicted molar refractivity (Wildman–Crippen MR) is 139 cm³/mol. The third-order valence-corrected chi connectivity index (χ3v) is 6.83. The number of amides is 1. The fourth-order valence-electron chi connectivity index (χ4n) is 3.23. The molecule has 3 N–H and O–H groups in total. The van der Waals surface area contributed by atoms with Gasteiger partial charge in [0, 0.05) is 34.6 Å². The molecule has 2 aromatic carbocycles. The van der Waals surface area contributed by atoms with Crippen molar-refractivity contribution in [1.82, 2.24) is 9.97 Å². The fourth-order valence-corrected chi connectivity index (χ4v) is 4.31. The molecule has 1 aromatic heterocycles. The van der Waals surface area contributed by atoms with Crippen LogP contribution in [0.5, 0.6) is 0 Å². The summed E-state index contributed by atoms with van der Waals surface area (Å²) in [5, 5.41) is 15.9. The van der Waals surface area contributed by atoms with E-state index in [1.165, 1.54) is 11.8 Å². The number of aromatic nitrogens is 2. The van der Waals surface area contributed by atoms with Gasteiger partial charge in [-0.1, -0.05) is 31.2 Å². The molecule has 0 aliphatic heterocycles. The number of hydrogen-bond donors (Lipinski definition) is 3. The number of rotatable bonds is 9. The average Bonchev–Trinajstić information content (AvgIpc) is 2.84. The summed E-state index contributed by atoms with van der Waals surface area (Å²) < 4.78 is 21.2. The Bertz CT molecular complexity index is 1270. The number of nitrogens with zero attached hydrogens (tertiary/aromatic N) is 3. The standard InChI is InChI=1S/C25H31N5O4S/c1-5-18-7-9-19(10-8-18)22-15-26-24(29-23(22)27-17(3)16-31)28-20-11-13-21(14-12-20)35(4,33)30-25(32)34-6-2/h7-15,17,31H,5-6,16H2,1-4H3,(H2,26,27,28,29)/t17-,35?/m1/s1. The summed E-state index contributed by atoms with van der Waals surface area (Å²) >= 11 is 0. The first kappa shape index (κ1) is 26.1. The minimum Gasteiger partial charge on any atom is -0.448 e. The Morgan fingerprint density at radius 3 is 2.43 bits per heavy atom. The topological polar surface area (TPSA) is 126 Å². The normalized spacial score (nSPS) is 13.4. The molecular formula is C25H31N5O4S. The van der Waals surface area contributed by atoms with Gasteiger partial charge in [-0.2, -0.15) is 4.98 Å². The molecule has 1 heterocycles. The SMILES string of the molecule is CCOC(=O)N=S(C)(=O)c1ccc(Nc2ncc(-c3ccc(CC)cc3)c(N[C@H](C)CO)n2)cc1. The van der Waals surface area contributed by atoms with Crippen molar-refractivity contribution in [3.63, 3.8) is 0 Å². The van der Waals surface area contributed by atoms with Crippen molar-refractivity contribution in [2.75, 3.05) is 30.1 Å². The Kier molecular flexibility index (Phi) is 8.78. The van der Waals surface area contributed by atoms with E-state index in [0.717, 1.165) is 17.5 Å². The first-order valence-corrected chi connectivity index (χ1v) is 13.3. The van der Waals surface area contributed by atoms with Gasteiger partial charge in [0.25, 0.3) is 0 Å². The van der Waals surface area contributed by atoms with Gasteiger partial charge < -0.3 is 20.5 Å². The number of ether oxygens (including phenoxy) is 1. The lowest BCUT2D eigenvalue weighted by Crippen LogP contribution is -2.21. The maximum atomic E-state index is 12.8. The predicted octanol–water partition coefficient (Wildman–Crippen LogP) is 4.86. The third-order valence-electron chi connectivity index (χ3n) is 5.18. The van der Waals surface area contributed by atoms with Crippen LogP contribution in [0.25, 0.3) is 11.1 Å². The van der Waals surface area contributed by atoms with Crippen LogP contribution in [-0.4, -0.2) is 50.9 Å². The van der Waals surface area contributed by atoms with Crippen molar-refractivity contribution < 1.29 is 18.8 Å². The van der Waals surface area contributed by atoms with Crippen LogP contribution in [0.1, 0.15) is 26.3 Å². The highest BCUT2D eigenvalue weighted by atomic mass is 32.2. The second kappa shape index (κ2) is 11.8. The summed E-state index contributed by atoms with van der Waals surface area (Å²) in [6.45, 7) is 5.75. The lowest BCUT2D eigenvalue weighted by Gasteiger charge is -2.17. The van der Waals surface area contributed by atoms with Crippen LogP contribution >= 0.6 is 0 Å². The second-order valence-electron chi connectivity index (χ2n) is 7.98. The number of aryl methyl sites for hydroxylation is 1. The van der Waals surface area contributed by atoms with Crippen molar-refractivity contribution >= 4 is 33.3 Å². The number of hydrogen-bond acceptors (Lipinski definition) is 8. The molecule has 2 atom stereocenters. The second-order valence-corrected chi connectivity index (χ2v) is 10.2. The van der Waals surface area contributed by atoms with Crippen LogP contribution < -0.4 is 10.6 Å². The molecule has 35 heavy (non-hydrogen) atoms. The highest BCUT2D eigenvalue weighted by Crippen LogP contribution is 2.28. The monoisotopic (exact) mass is 497 g/mol. The molecule has 9 nitrogen and oxygen atoms in total. The van der Waals surface area contributed by atoms with Gasteiger partial charge in [0.1, 0.15) is 5.82 Å². The van der Waals surface area contributed by atoms with E-state index in [4.69, 9.17) is 4.74 Å². The van der Waals surface area contributed by atoms with E-state index in [0.29, 0.717) is 22.3 Å². The van der Waals surface area contributed by atoms with E-state index >= 15 is 0 Å². The summed E-state index contributed by atoms with van der Waals surface area (Å²) in [5.74, 6) is 0.947. The summed E-state index contributed by atoms with van der Waals surface area (Å²) in [6, 6.07) is 14.7. The molecule has 186 valence electrons. The van der Waals surface area contributed by atoms with E-state index in [9.17, 15) is 14.1 Å². The summed E-state index contributed by atoms with van der Waals surface area (Å²) in [7, 11) is -2.93. The van der Waals surface area contributed by atoms with E-state index in [1.54, 1.807) is 37.4 Å². The minimum absolute atomic E-state index is 0.0460. The fraction of sp³-hybridized carbons (Fsp3) is 0.320. The quantitative estimate of drug-likeness (QED) is 0.383. The molecule has 10 heteroatoms.